The Hall–Kier alpha value is -2.93. The number of fused-ring (bicyclic) bond motifs is 1. The van der Waals surface area contributed by atoms with Crippen molar-refractivity contribution in [2.75, 3.05) is 26.2 Å². The molecule has 1 aromatic carbocycles. The van der Waals surface area contributed by atoms with E-state index in [4.69, 9.17) is 4.74 Å². The van der Waals surface area contributed by atoms with E-state index >= 15 is 0 Å². The molecule has 7 nitrogen and oxygen atoms in total. The fraction of sp³-hybridized carbons (Fsp3) is 0.480. The molecule has 2 bridgehead atoms. The molecule has 0 saturated heterocycles. The molecular weight excluding hydrogens is 406 g/mol. The van der Waals surface area contributed by atoms with Crippen LogP contribution in [0.25, 0.3) is 6.08 Å². The third-order valence-corrected chi connectivity index (χ3v) is 6.45. The van der Waals surface area contributed by atoms with Crippen LogP contribution in [0.1, 0.15) is 49.7 Å². The van der Waals surface area contributed by atoms with E-state index in [1.807, 2.05) is 24.3 Å². The number of rotatable bonds is 0. The molecule has 2 aliphatic heterocycles. The number of ketones is 1. The fourth-order valence-electron chi connectivity index (χ4n) is 4.66. The molecule has 3 N–H and O–H groups in total. The van der Waals surface area contributed by atoms with Crippen LogP contribution in [-0.2, 0) is 19.8 Å². The van der Waals surface area contributed by atoms with Crippen molar-refractivity contribution in [3.05, 3.63) is 47.6 Å². The van der Waals surface area contributed by atoms with Gasteiger partial charge < -0.3 is 20.7 Å². The number of amides is 2. The first-order valence-corrected chi connectivity index (χ1v) is 11.5. The van der Waals surface area contributed by atoms with Crippen LogP contribution >= 0.6 is 0 Å². The Morgan fingerprint density at radius 2 is 1.62 bits per heavy atom. The van der Waals surface area contributed by atoms with E-state index in [1.54, 1.807) is 18.2 Å². The molecule has 3 aliphatic rings. The van der Waals surface area contributed by atoms with Gasteiger partial charge in [-0.2, -0.15) is 0 Å². The van der Waals surface area contributed by atoms with Gasteiger partial charge in [-0.05, 0) is 68.6 Å². The maximum Gasteiger partial charge on any atom is 0.243 e. The van der Waals surface area contributed by atoms with Crippen molar-refractivity contribution in [3.8, 4) is 5.75 Å². The van der Waals surface area contributed by atoms with Crippen LogP contribution in [-0.4, -0.2) is 49.9 Å². The van der Waals surface area contributed by atoms with Crippen LogP contribution in [0.5, 0.6) is 5.75 Å². The van der Waals surface area contributed by atoms with Crippen molar-refractivity contribution in [2.24, 2.45) is 0 Å². The molecule has 2 unspecified atom stereocenters. The Bertz CT molecular complexity index is 939. The predicted molar refractivity (Wildman–Crippen MR) is 122 cm³/mol. The molecule has 1 spiro atoms. The van der Waals surface area contributed by atoms with Gasteiger partial charge in [0.1, 0.15) is 17.6 Å². The number of carbonyl (C=O) groups excluding carboxylic acids is 3. The first kappa shape index (κ1) is 22.3. The van der Waals surface area contributed by atoms with E-state index in [2.05, 4.69) is 16.0 Å². The second-order valence-electron chi connectivity index (χ2n) is 8.70. The van der Waals surface area contributed by atoms with E-state index in [0.29, 0.717) is 32.4 Å². The summed E-state index contributed by atoms with van der Waals surface area (Å²) in [5.41, 5.74) is 1.34. The van der Waals surface area contributed by atoms with Crippen molar-refractivity contribution < 1.29 is 19.1 Å². The van der Waals surface area contributed by atoms with Crippen LogP contribution in [0, 0.1) is 0 Å². The minimum absolute atomic E-state index is 0.114. The highest BCUT2D eigenvalue weighted by molar-refractivity contribution is 5.92. The molecule has 170 valence electrons. The van der Waals surface area contributed by atoms with E-state index in [9.17, 15) is 14.4 Å². The topological polar surface area (TPSA) is 96.5 Å². The lowest BCUT2D eigenvalue weighted by molar-refractivity contribution is -0.123. The lowest BCUT2D eigenvalue weighted by atomic mass is 9.68. The van der Waals surface area contributed by atoms with Crippen molar-refractivity contribution >= 4 is 23.7 Å². The van der Waals surface area contributed by atoms with Crippen LogP contribution in [0.2, 0.25) is 0 Å². The van der Waals surface area contributed by atoms with Crippen molar-refractivity contribution in [1.82, 2.24) is 16.0 Å². The number of nitrogens with one attached hydrogen (secondary N) is 3. The predicted octanol–water partition coefficient (Wildman–Crippen LogP) is 2.01. The zero-order valence-corrected chi connectivity index (χ0v) is 18.3. The Labute approximate surface area is 188 Å². The van der Waals surface area contributed by atoms with E-state index in [0.717, 1.165) is 49.2 Å². The molecule has 1 fully saturated rings. The Morgan fingerprint density at radius 1 is 0.875 bits per heavy atom. The van der Waals surface area contributed by atoms with Crippen molar-refractivity contribution in [1.29, 1.82) is 0 Å². The average molecular weight is 438 g/mol. The summed E-state index contributed by atoms with van der Waals surface area (Å²) in [5.74, 6) is 0.675. The second kappa shape index (κ2) is 10.1. The van der Waals surface area contributed by atoms with Gasteiger partial charge in [-0.25, -0.2) is 0 Å². The highest BCUT2D eigenvalue weighted by Gasteiger charge is 2.50. The zero-order valence-electron chi connectivity index (χ0n) is 18.3. The van der Waals surface area contributed by atoms with Gasteiger partial charge in [-0.1, -0.05) is 12.1 Å². The monoisotopic (exact) mass is 437 g/mol. The molecular formula is C25H31N3O4. The Balaban J connectivity index is 1.62. The average Bonchev–Trinajstić information content (AvgIpc) is 3.10. The van der Waals surface area contributed by atoms with E-state index in [1.165, 1.54) is 0 Å². The number of ether oxygens (including phenoxy) is 1. The minimum Gasteiger partial charge on any atom is -0.488 e. The van der Waals surface area contributed by atoms with Gasteiger partial charge in [-0.3, -0.25) is 14.4 Å². The van der Waals surface area contributed by atoms with Crippen molar-refractivity contribution in [3.63, 3.8) is 0 Å². The largest absolute Gasteiger partial charge is 0.488 e. The molecule has 32 heavy (non-hydrogen) atoms. The molecule has 2 atom stereocenters. The molecule has 0 radical (unpaired) electrons. The summed E-state index contributed by atoms with van der Waals surface area (Å²) in [4.78, 5) is 36.7. The number of Topliss-reactive ketones (excluding diaryl/α,β-unsaturated/α-hetero) is 1. The smallest absolute Gasteiger partial charge is 0.243 e. The summed E-state index contributed by atoms with van der Waals surface area (Å²) < 4.78 is 6.16. The van der Waals surface area contributed by atoms with Gasteiger partial charge in [0.25, 0.3) is 0 Å². The maximum absolute atomic E-state index is 12.5. The van der Waals surface area contributed by atoms with Gasteiger partial charge in [0.2, 0.25) is 11.8 Å². The highest BCUT2D eigenvalue weighted by Crippen LogP contribution is 2.51. The first-order valence-electron chi connectivity index (χ1n) is 11.5. The Morgan fingerprint density at radius 3 is 2.50 bits per heavy atom. The van der Waals surface area contributed by atoms with Gasteiger partial charge in [0, 0.05) is 37.6 Å². The summed E-state index contributed by atoms with van der Waals surface area (Å²) in [6, 6.07) is 5.81. The lowest BCUT2D eigenvalue weighted by Gasteiger charge is -2.35. The SMILES string of the molecule is O=C1CCC23/C=C/C(=O)NCCCNCCCCNC(=O)/C=C/c4ccc(c2c4)OC3C1. The quantitative estimate of drug-likeness (QED) is 0.577. The first-order chi connectivity index (χ1) is 15.6. The van der Waals surface area contributed by atoms with E-state index < -0.39 is 5.41 Å². The summed E-state index contributed by atoms with van der Waals surface area (Å²) in [6.07, 6.45) is 10.7. The molecule has 1 saturated carbocycles. The molecule has 2 amide bonds. The van der Waals surface area contributed by atoms with Gasteiger partial charge >= 0.3 is 0 Å². The molecule has 2 heterocycles. The zero-order chi connectivity index (χ0) is 22.4. The summed E-state index contributed by atoms with van der Waals surface area (Å²) in [7, 11) is 0. The lowest BCUT2D eigenvalue weighted by Crippen LogP contribution is -2.42. The molecule has 0 aromatic heterocycles. The number of benzene rings is 1. The summed E-state index contributed by atoms with van der Waals surface area (Å²) in [6.45, 7) is 2.96. The number of hydrogen-bond donors (Lipinski definition) is 3. The van der Waals surface area contributed by atoms with Crippen molar-refractivity contribution in [2.45, 2.75) is 50.0 Å². The van der Waals surface area contributed by atoms with Gasteiger partial charge in [-0.15, -0.1) is 0 Å². The summed E-state index contributed by atoms with van der Waals surface area (Å²) in [5, 5.41) is 9.23. The Kier molecular flexibility index (Phi) is 7.05. The second-order valence-corrected chi connectivity index (χ2v) is 8.70. The number of hydrogen-bond acceptors (Lipinski definition) is 5. The summed E-state index contributed by atoms with van der Waals surface area (Å²) >= 11 is 0. The van der Waals surface area contributed by atoms with E-state index in [-0.39, 0.29) is 23.7 Å². The van der Waals surface area contributed by atoms with Crippen LogP contribution in [0.15, 0.2) is 36.4 Å². The third kappa shape index (κ3) is 5.10. The van der Waals surface area contributed by atoms with Gasteiger partial charge in [0.15, 0.2) is 0 Å². The minimum atomic E-state index is -0.519. The number of carbonyl (C=O) groups is 3. The standard InChI is InChI=1S/C25H31N3O4/c29-19-8-10-25-11-9-24(31)28-15-3-13-26-12-1-2-14-27-23(30)7-5-18-4-6-21(20(25)16-18)32-22(25)17-19/h4-7,9,11,16,22,26H,1-3,8,10,12-15,17H2,(H,27,30)(H,28,31)/b7-5+,11-9+. The molecule has 1 aromatic rings. The highest BCUT2D eigenvalue weighted by atomic mass is 16.5. The normalized spacial score (nSPS) is 29.1. The molecule has 1 aliphatic carbocycles. The van der Waals surface area contributed by atoms with Gasteiger partial charge in [0.05, 0.1) is 5.41 Å². The molecule has 4 rings (SSSR count). The van der Waals surface area contributed by atoms with Crippen LogP contribution < -0.4 is 20.7 Å². The fourth-order valence-corrected chi connectivity index (χ4v) is 4.66. The maximum atomic E-state index is 12.5. The molecule has 7 heteroatoms. The third-order valence-electron chi connectivity index (χ3n) is 6.45. The van der Waals surface area contributed by atoms with Crippen LogP contribution in [0.3, 0.4) is 0 Å². The van der Waals surface area contributed by atoms with Crippen LogP contribution in [0.4, 0.5) is 0 Å².